The van der Waals surface area contributed by atoms with Gasteiger partial charge in [0.15, 0.2) is 0 Å². The second-order valence-corrected chi connectivity index (χ2v) is 6.95. The molecule has 4 atom stereocenters. The molecule has 2 aromatic rings. The van der Waals surface area contributed by atoms with E-state index in [-0.39, 0.29) is 18.4 Å². The topological polar surface area (TPSA) is 66.8 Å². The summed E-state index contributed by atoms with van der Waals surface area (Å²) >= 11 is 0. The van der Waals surface area contributed by atoms with Crippen LogP contribution in [0.2, 0.25) is 0 Å². The molecule has 2 saturated heterocycles. The highest BCUT2D eigenvalue weighted by Crippen LogP contribution is 2.52. The molecule has 3 heterocycles. The first-order chi connectivity index (χ1) is 12.7. The van der Waals surface area contributed by atoms with Crippen LogP contribution in [0.3, 0.4) is 0 Å². The lowest BCUT2D eigenvalue weighted by Crippen LogP contribution is -2.43. The predicted octanol–water partition coefficient (Wildman–Crippen LogP) is 2.16. The van der Waals surface area contributed by atoms with Gasteiger partial charge in [-0.2, -0.15) is 0 Å². The third-order valence-corrected chi connectivity index (χ3v) is 5.63. The van der Waals surface area contributed by atoms with E-state index in [0.717, 1.165) is 11.1 Å². The fourth-order valence-corrected chi connectivity index (χ4v) is 4.45. The molecule has 2 amide bonds. The fraction of sp³-hybridized carbons (Fsp3) is 0.238. The number of rotatable bonds is 3. The molecule has 0 aliphatic carbocycles. The molecule has 130 valence electrons. The summed E-state index contributed by atoms with van der Waals surface area (Å²) in [4.78, 5) is 27.6. The number of hydrogen-bond donors (Lipinski definition) is 1. The second-order valence-electron chi connectivity index (χ2n) is 6.95. The maximum atomic E-state index is 13.2. The zero-order valence-corrected chi connectivity index (χ0v) is 13.9. The maximum Gasteiger partial charge on any atom is 0.241 e. The minimum Gasteiger partial charge on any atom is -0.393 e. The van der Waals surface area contributed by atoms with Gasteiger partial charge in [0, 0.05) is 5.56 Å². The number of carbonyl (C=O) groups excluding carboxylic acids is 2. The van der Waals surface area contributed by atoms with Gasteiger partial charge in [0.05, 0.1) is 30.2 Å². The first-order valence-electron chi connectivity index (χ1n) is 8.66. The normalized spacial score (nSPS) is 31.7. The minimum absolute atomic E-state index is 0.256. The number of amides is 2. The van der Waals surface area contributed by atoms with Crippen molar-refractivity contribution in [1.29, 1.82) is 0 Å². The van der Waals surface area contributed by atoms with Crippen LogP contribution in [-0.4, -0.2) is 35.2 Å². The number of aliphatic hydroxyl groups is 1. The van der Waals surface area contributed by atoms with Crippen LogP contribution >= 0.6 is 0 Å². The fourth-order valence-electron chi connectivity index (χ4n) is 4.45. The van der Waals surface area contributed by atoms with Crippen LogP contribution in [0, 0.1) is 11.8 Å². The molecule has 2 aromatic carbocycles. The summed E-state index contributed by atoms with van der Waals surface area (Å²) in [5.41, 5.74) is 1.28. The molecule has 3 aliphatic rings. The number of nitrogens with zero attached hydrogens (tertiary/aromatic N) is 1. The monoisotopic (exact) mass is 347 g/mol. The van der Waals surface area contributed by atoms with Crippen LogP contribution < -0.4 is 4.90 Å². The van der Waals surface area contributed by atoms with Crippen molar-refractivity contribution >= 4 is 17.5 Å². The minimum atomic E-state index is -1.07. The summed E-state index contributed by atoms with van der Waals surface area (Å²) in [6.07, 6.45) is 3.07. The zero-order chi connectivity index (χ0) is 17.9. The molecular formula is C21H17NO4. The molecule has 0 spiro atoms. The van der Waals surface area contributed by atoms with Gasteiger partial charge in [0.2, 0.25) is 11.8 Å². The maximum absolute atomic E-state index is 13.2. The summed E-state index contributed by atoms with van der Waals surface area (Å²) in [7, 11) is 0. The van der Waals surface area contributed by atoms with E-state index in [1.54, 1.807) is 18.2 Å². The molecule has 1 N–H and O–H groups in total. The number of hydrogen-bond acceptors (Lipinski definition) is 4. The Morgan fingerprint density at radius 3 is 2.50 bits per heavy atom. The van der Waals surface area contributed by atoms with Crippen LogP contribution in [0.15, 0.2) is 66.7 Å². The lowest BCUT2D eigenvalue weighted by Gasteiger charge is -2.27. The Balaban J connectivity index is 1.62. The van der Waals surface area contributed by atoms with Crippen molar-refractivity contribution in [2.24, 2.45) is 11.8 Å². The number of imide groups is 1. The predicted molar refractivity (Wildman–Crippen MR) is 95.2 cm³/mol. The van der Waals surface area contributed by atoms with Crippen molar-refractivity contribution in [3.05, 3.63) is 66.7 Å². The van der Waals surface area contributed by atoms with Crippen molar-refractivity contribution in [2.75, 3.05) is 11.5 Å². The molecule has 5 heteroatoms. The molecule has 2 fully saturated rings. The molecule has 2 bridgehead atoms. The molecular weight excluding hydrogens is 330 g/mol. The van der Waals surface area contributed by atoms with Gasteiger partial charge in [0.1, 0.15) is 5.60 Å². The number of para-hydroxylation sites is 1. The van der Waals surface area contributed by atoms with E-state index in [2.05, 4.69) is 0 Å². The van der Waals surface area contributed by atoms with Gasteiger partial charge in [-0.3, -0.25) is 9.59 Å². The summed E-state index contributed by atoms with van der Waals surface area (Å²) in [6.45, 7) is -0.311. The molecule has 0 aromatic heterocycles. The van der Waals surface area contributed by atoms with Crippen LogP contribution in [0.5, 0.6) is 0 Å². The van der Waals surface area contributed by atoms with Crippen molar-refractivity contribution in [1.82, 2.24) is 0 Å². The third-order valence-electron chi connectivity index (χ3n) is 5.63. The van der Waals surface area contributed by atoms with Gasteiger partial charge in [-0.15, -0.1) is 0 Å². The highest BCUT2D eigenvalue weighted by atomic mass is 16.5. The van der Waals surface area contributed by atoms with Gasteiger partial charge in [-0.1, -0.05) is 60.7 Å². The average molecular weight is 347 g/mol. The van der Waals surface area contributed by atoms with Crippen molar-refractivity contribution in [3.63, 3.8) is 0 Å². The van der Waals surface area contributed by atoms with E-state index in [1.807, 2.05) is 48.5 Å². The summed E-state index contributed by atoms with van der Waals surface area (Å²) in [5, 5.41) is 9.83. The van der Waals surface area contributed by atoms with Gasteiger partial charge >= 0.3 is 0 Å². The molecule has 0 unspecified atom stereocenters. The highest BCUT2D eigenvalue weighted by Gasteiger charge is 2.67. The molecule has 3 aliphatic heterocycles. The van der Waals surface area contributed by atoms with E-state index in [0.29, 0.717) is 5.69 Å². The SMILES string of the molecule is O=C1[C@H]2[C@@H]3C=C[C@@](CO)(O3)[C@H]2C(=O)N1c1ccccc1-c1ccccc1. The van der Waals surface area contributed by atoms with Gasteiger partial charge in [-0.25, -0.2) is 4.90 Å². The highest BCUT2D eigenvalue weighted by molar-refractivity contribution is 6.24. The van der Waals surface area contributed by atoms with Gasteiger partial charge in [0.25, 0.3) is 0 Å². The number of anilines is 1. The zero-order valence-electron chi connectivity index (χ0n) is 13.9. The van der Waals surface area contributed by atoms with Crippen molar-refractivity contribution < 1.29 is 19.4 Å². The van der Waals surface area contributed by atoms with E-state index in [1.165, 1.54) is 4.90 Å². The Hall–Kier alpha value is -2.76. The molecule has 5 rings (SSSR count). The van der Waals surface area contributed by atoms with Crippen LogP contribution in [0.4, 0.5) is 5.69 Å². The summed E-state index contributed by atoms with van der Waals surface area (Å²) < 4.78 is 5.79. The van der Waals surface area contributed by atoms with E-state index in [9.17, 15) is 14.7 Å². The average Bonchev–Trinajstić information content (AvgIpc) is 3.33. The van der Waals surface area contributed by atoms with Crippen molar-refractivity contribution in [2.45, 2.75) is 11.7 Å². The third kappa shape index (κ3) is 1.87. The number of carbonyl (C=O) groups is 2. The number of ether oxygens (including phenoxy) is 1. The quantitative estimate of drug-likeness (QED) is 0.682. The summed E-state index contributed by atoms with van der Waals surface area (Å²) in [5.74, 6) is -1.79. The van der Waals surface area contributed by atoms with E-state index >= 15 is 0 Å². The Morgan fingerprint density at radius 2 is 1.73 bits per heavy atom. The van der Waals surface area contributed by atoms with Gasteiger partial charge < -0.3 is 9.84 Å². The van der Waals surface area contributed by atoms with E-state index in [4.69, 9.17) is 4.74 Å². The largest absolute Gasteiger partial charge is 0.393 e. The Labute approximate surface area is 150 Å². The lowest BCUT2D eigenvalue weighted by molar-refractivity contribution is -0.128. The van der Waals surface area contributed by atoms with Crippen LogP contribution in [0.1, 0.15) is 0 Å². The molecule has 26 heavy (non-hydrogen) atoms. The lowest BCUT2D eigenvalue weighted by atomic mass is 9.77. The Morgan fingerprint density at radius 1 is 1.00 bits per heavy atom. The standard InChI is InChI=1S/C21H17NO4/c23-12-21-11-10-16(26-21)17-18(21)20(25)22(19(17)24)15-9-5-4-8-14(15)13-6-2-1-3-7-13/h1-11,16-18,23H,12H2/t16-,17-,18+,21-/m0/s1. The number of aliphatic hydroxyl groups excluding tert-OH is 1. The van der Waals surface area contributed by atoms with Crippen molar-refractivity contribution in [3.8, 4) is 11.1 Å². The number of benzene rings is 2. The first kappa shape index (κ1) is 15.5. The molecule has 0 radical (unpaired) electrons. The van der Waals surface area contributed by atoms with E-state index < -0.39 is 23.5 Å². The Bertz CT molecular complexity index is 938. The summed E-state index contributed by atoms with van der Waals surface area (Å²) in [6, 6.07) is 17.1. The second kappa shape index (κ2) is 5.37. The molecule has 0 saturated carbocycles. The van der Waals surface area contributed by atoms with Gasteiger partial charge in [-0.05, 0) is 11.6 Å². The molecule has 5 nitrogen and oxygen atoms in total. The number of fused-ring (bicyclic) bond motifs is 5. The van der Waals surface area contributed by atoms with Crippen LogP contribution in [-0.2, 0) is 14.3 Å². The van der Waals surface area contributed by atoms with Crippen LogP contribution in [0.25, 0.3) is 11.1 Å². The first-order valence-corrected chi connectivity index (χ1v) is 8.66. The smallest absolute Gasteiger partial charge is 0.241 e. The Kier molecular flexibility index (Phi) is 3.20.